The smallest absolute Gasteiger partial charge is 0.332 e. The zero-order valence-electron chi connectivity index (χ0n) is 7.32. The monoisotopic (exact) mass is 177 g/mol. The van der Waals surface area contributed by atoms with Gasteiger partial charge in [-0.05, 0) is 12.5 Å². The normalized spacial score (nSPS) is 10.2. The van der Waals surface area contributed by atoms with Gasteiger partial charge >= 0.3 is 6.03 Å². The molecule has 3 N–H and O–H groups in total. The van der Waals surface area contributed by atoms with Gasteiger partial charge < -0.3 is 5.73 Å². The van der Waals surface area contributed by atoms with Gasteiger partial charge in [-0.2, -0.15) is 5.10 Å². The first kappa shape index (κ1) is 9.25. The molecule has 2 amide bonds. The summed E-state index contributed by atoms with van der Waals surface area (Å²) in [6.45, 7) is 2.00. The van der Waals surface area contributed by atoms with Crippen LogP contribution < -0.4 is 11.2 Å². The van der Waals surface area contributed by atoms with E-state index in [0.717, 1.165) is 5.56 Å². The molecule has 13 heavy (non-hydrogen) atoms. The van der Waals surface area contributed by atoms with E-state index in [1.165, 1.54) is 11.8 Å². The van der Waals surface area contributed by atoms with Crippen LogP contribution in [0.4, 0.5) is 4.79 Å². The number of nitrogens with one attached hydrogen (secondary N) is 1. The lowest BCUT2D eigenvalue weighted by molar-refractivity contribution is 0.249. The van der Waals surface area contributed by atoms with Crippen molar-refractivity contribution in [3.05, 3.63) is 35.4 Å². The van der Waals surface area contributed by atoms with Gasteiger partial charge in [0, 0.05) is 0 Å². The van der Waals surface area contributed by atoms with Crippen LogP contribution in [0.1, 0.15) is 11.1 Å². The molecule has 0 radical (unpaired) electrons. The Bertz CT molecular complexity index is 316. The third-order valence-electron chi connectivity index (χ3n) is 1.47. The fourth-order valence-corrected chi connectivity index (χ4v) is 0.823. The van der Waals surface area contributed by atoms with E-state index in [0.29, 0.717) is 0 Å². The molecule has 1 aromatic carbocycles. The van der Waals surface area contributed by atoms with Gasteiger partial charge in [0.05, 0.1) is 6.21 Å². The number of hydrazone groups is 1. The maximum absolute atomic E-state index is 10.2. The molecule has 0 heterocycles. The molecule has 0 spiro atoms. The minimum atomic E-state index is -0.664. The molecule has 0 atom stereocenters. The average molecular weight is 177 g/mol. The average Bonchev–Trinajstić information content (AvgIpc) is 2.08. The molecule has 0 aliphatic heterocycles. The van der Waals surface area contributed by atoms with E-state index in [4.69, 9.17) is 5.73 Å². The topological polar surface area (TPSA) is 67.5 Å². The summed E-state index contributed by atoms with van der Waals surface area (Å²) in [5.74, 6) is 0. The van der Waals surface area contributed by atoms with Gasteiger partial charge in [0.1, 0.15) is 0 Å². The molecule has 1 aromatic rings. The largest absolute Gasteiger partial charge is 0.350 e. The van der Waals surface area contributed by atoms with Crippen LogP contribution in [0.5, 0.6) is 0 Å². The summed E-state index contributed by atoms with van der Waals surface area (Å²) in [5, 5.41) is 3.62. The van der Waals surface area contributed by atoms with Crippen molar-refractivity contribution < 1.29 is 4.79 Å². The number of benzene rings is 1. The van der Waals surface area contributed by atoms with Gasteiger partial charge in [0.25, 0.3) is 0 Å². The molecule has 4 heteroatoms. The van der Waals surface area contributed by atoms with Crippen molar-refractivity contribution in [2.75, 3.05) is 0 Å². The highest BCUT2D eigenvalue weighted by molar-refractivity contribution is 5.81. The van der Waals surface area contributed by atoms with Crippen molar-refractivity contribution in [2.45, 2.75) is 6.92 Å². The lowest BCUT2D eigenvalue weighted by Gasteiger charge is -1.94. The summed E-state index contributed by atoms with van der Waals surface area (Å²) >= 11 is 0. The zero-order chi connectivity index (χ0) is 9.68. The van der Waals surface area contributed by atoms with Crippen LogP contribution in [0.3, 0.4) is 0 Å². The predicted molar refractivity (Wildman–Crippen MR) is 51.5 cm³/mol. The van der Waals surface area contributed by atoms with E-state index in [9.17, 15) is 4.79 Å². The SMILES string of the molecule is Cc1ccc(/C=N\NC(N)=O)cc1. The lowest BCUT2D eigenvalue weighted by Crippen LogP contribution is -2.24. The van der Waals surface area contributed by atoms with E-state index < -0.39 is 6.03 Å². The summed E-state index contributed by atoms with van der Waals surface area (Å²) in [6, 6.07) is 7.07. The minimum Gasteiger partial charge on any atom is -0.350 e. The molecule has 4 nitrogen and oxygen atoms in total. The number of rotatable bonds is 2. The summed E-state index contributed by atoms with van der Waals surface area (Å²) in [7, 11) is 0. The zero-order valence-corrected chi connectivity index (χ0v) is 7.32. The first-order valence-corrected chi connectivity index (χ1v) is 3.83. The van der Waals surface area contributed by atoms with E-state index in [1.807, 2.05) is 31.2 Å². The highest BCUT2D eigenvalue weighted by Gasteiger charge is 1.87. The number of carbonyl (C=O) groups is 1. The van der Waals surface area contributed by atoms with Crippen LogP contribution in [-0.4, -0.2) is 12.2 Å². The lowest BCUT2D eigenvalue weighted by atomic mass is 10.2. The van der Waals surface area contributed by atoms with Crippen LogP contribution in [0.2, 0.25) is 0 Å². The Morgan fingerprint density at radius 2 is 2.08 bits per heavy atom. The highest BCUT2D eigenvalue weighted by Crippen LogP contribution is 1.99. The number of hydrogen-bond donors (Lipinski definition) is 2. The summed E-state index contributed by atoms with van der Waals surface area (Å²) in [6.07, 6.45) is 1.53. The molecule has 0 saturated carbocycles. The molecule has 0 unspecified atom stereocenters. The number of nitrogens with two attached hydrogens (primary N) is 1. The predicted octanol–water partition coefficient (Wildman–Crippen LogP) is 0.997. The Morgan fingerprint density at radius 3 is 2.62 bits per heavy atom. The third kappa shape index (κ3) is 3.37. The fraction of sp³-hybridized carbons (Fsp3) is 0.111. The van der Waals surface area contributed by atoms with Gasteiger partial charge in [-0.1, -0.05) is 29.8 Å². The Hall–Kier alpha value is -1.84. The second-order valence-electron chi connectivity index (χ2n) is 2.64. The Morgan fingerprint density at radius 1 is 1.46 bits per heavy atom. The first-order valence-electron chi connectivity index (χ1n) is 3.83. The number of nitrogens with zero attached hydrogens (tertiary/aromatic N) is 1. The van der Waals surface area contributed by atoms with Crippen molar-refractivity contribution in [2.24, 2.45) is 10.8 Å². The van der Waals surface area contributed by atoms with Gasteiger partial charge in [-0.25, -0.2) is 10.2 Å². The summed E-state index contributed by atoms with van der Waals surface area (Å²) in [5.41, 5.74) is 9.03. The quantitative estimate of drug-likeness (QED) is 0.513. The number of amides is 2. The van der Waals surface area contributed by atoms with Crippen molar-refractivity contribution in [1.29, 1.82) is 0 Å². The standard InChI is InChI=1S/C9H11N3O/c1-7-2-4-8(5-3-7)6-11-12-9(10)13/h2-6H,1H3,(H3,10,12,13)/b11-6-. The number of aryl methyl sites for hydroxylation is 1. The second kappa shape index (κ2) is 4.25. The number of hydrogen-bond acceptors (Lipinski definition) is 2. The number of urea groups is 1. The van der Waals surface area contributed by atoms with E-state index in [-0.39, 0.29) is 0 Å². The van der Waals surface area contributed by atoms with Crippen LogP contribution in [0.25, 0.3) is 0 Å². The van der Waals surface area contributed by atoms with Crippen LogP contribution in [-0.2, 0) is 0 Å². The number of primary amides is 1. The molecule has 0 aromatic heterocycles. The van der Waals surface area contributed by atoms with Crippen molar-refractivity contribution in [3.63, 3.8) is 0 Å². The Kier molecular flexibility index (Phi) is 3.03. The summed E-state index contributed by atoms with van der Waals surface area (Å²) in [4.78, 5) is 10.2. The molecular weight excluding hydrogens is 166 g/mol. The van der Waals surface area contributed by atoms with Gasteiger partial charge in [0.2, 0.25) is 0 Å². The van der Waals surface area contributed by atoms with Crippen LogP contribution in [0.15, 0.2) is 29.4 Å². The van der Waals surface area contributed by atoms with E-state index in [1.54, 1.807) is 0 Å². The van der Waals surface area contributed by atoms with Crippen molar-refractivity contribution in [1.82, 2.24) is 5.43 Å². The second-order valence-corrected chi connectivity index (χ2v) is 2.64. The highest BCUT2D eigenvalue weighted by atomic mass is 16.2. The summed E-state index contributed by atoms with van der Waals surface area (Å²) < 4.78 is 0. The van der Waals surface area contributed by atoms with Crippen LogP contribution in [0, 0.1) is 6.92 Å². The minimum absolute atomic E-state index is 0.664. The Balaban J connectivity index is 2.59. The van der Waals surface area contributed by atoms with Gasteiger partial charge in [-0.15, -0.1) is 0 Å². The van der Waals surface area contributed by atoms with Crippen molar-refractivity contribution >= 4 is 12.2 Å². The maximum atomic E-state index is 10.2. The molecule has 0 aliphatic carbocycles. The van der Waals surface area contributed by atoms with Crippen LogP contribution >= 0.6 is 0 Å². The van der Waals surface area contributed by atoms with Gasteiger partial charge in [-0.3, -0.25) is 0 Å². The molecule has 0 aliphatic rings. The first-order chi connectivity index (χ1) is 6.18. The molecule has 68 valence electrons. The van der Waals surface area contributed by atoms with Gasteiger partial charge in [0.15, 0.2) is 0 Å². The fourth-order valence-electron chi connectivity index (χ4n) is 0.823. The number of carbonyl (C=O) groups excluding carboxylic acids is 1. The molecule has 0 bridgehead atoms. The Labute approximate surface area is 76.4 Å². The van der Waals surface area contributed by atoms with E-state index >= 15 is 0 Å². The maximum Gasteiger partial charge on any atom is 0.332 e. The van der Waals surface area contributed by atoms with E-state index in [2.05, 4.69) is 10.5 Å². The third-order valence-corrected chi connectivity index (χ3v) is 1.47. The van der Waals surface area contributed by atoms with Crippen molar-refractivity contribution in [3.8, 4) is 0 Å². The molecule has 0 fully saturated rings. The molecule has 1 rings (SSSR count). The molecule has 0 saturated heterocycles. The molecular formula is C9H11N3O.